The Kier molecular flexibility index (Phi) is 3.18. The van der Waals surface area contributed by atoms with Crippen LogP contribution in [0.25, 0.3) is 16.7 Å². The summed E-state index contributed by atoms with van der Waals surface area (Å²) in [7, 11) is 0. The van der Waals surface area contributed by atoms with Gasteiger partial charge in [-0.25, -0.2) is 13.2 Å². The number of hydrogen-bond acceptors (Lipinski definition) is 1. The molecule has 0 aliphatic heterocycles. The van der Waals surface area contributed by atoms with E-state index in [1.54, 1.807) is 0 Å². The summed E-state index contributed by atoms with van der Waals surface area (Å²) in [5, 5.41) is 0. The molecule has 102 valence electrons. The third kappa shape index (κ3) is 2.06. The molecule has 0 saturated heterocycles. The second-order valence-electron chi connectivity index (χ2n) is 4.14. The highest BCUT2D eigenvalue weighted by Crippen LogP contribution is 2.26. The highest BCUT2D eigenvalue weighted by Gasteiger charge is 2.13. The number of fused-ring (bicyclic) bond motifs is 1. The van der Waals surface area contributed by atoms with Crippen LogP contribution < -0.4 is 0 Å². The van der Waals surface area contributed by atoms with Crippen LogP contribution in [0.3, 0.4) is 0 Å². The number of imidazole rings is 1. The van der Waals surface area contributed by atoms with Crippen LogP contribution in [0.5, 0.6) is 0 Å². The lowest BCUT2D eigenvalue weighted by Gasteiger charge is -2.06. The van der Waals surface area contributed by atoms with Crippen molar-refractivity contribution in [3.63, 3.8) is 0 Å². The van der Waals surface area contributed by atoms with Gasteiger partial charge in [-0.1, -0.05) is 0 Å². The van der Waals surface area contributed by atoms with E-state index in [0.29, 0.717) is 11.0 Å². The van der Waals surface area contributed by atoms with Gasteiger partial charge in [-0.2, -0.15) is 0 Å². The van der Waals surface area contributed by atoms with E-state index < -0.39 is 17.5 Å². The lowest BCUT2D eigenvalue weighted by Crippen LogP contribution is -1.98. The van der Waals surface area contributed by atoms with Crippen LogP contribution in [0.2, 0.25) is 0 Å². The van der Waals surface area contributed by atoms with Crippen LogP contribution in [-0.2, 0) is 0 Å². The number of rotatable bonds is 1. The number of halogens is 4. The SMILES string of the molecule is Fc1ccc(-n2c(=S)[nH]c3cc(F)c(Br)cc32)c(F)c1. The quantitative estimate of drug-likeness (QED) is 0.615. The minimum absolute atomic E-state index is 0.0983. The summed E-state index contributed by atoms with van der Waals surface area (Å²) in [6, 6.07) is 5.93. The van der Waals surface area contributed by atoms with E-state index in [2.05, 4.69) is 20.9 Å². The average molecular weight is 359 g/mol. The van der Waals surface area contributed by atoms with Crippen LogP contribution in [0.1, 0.15) is 0 Å². The summed E-state index contributed by atoms with van der Waals surface area (Å²) in [6.07, 6.45) is 0. The van der Waals surface area contributed by atoms with Crippen molar-refractivity contribution in [3.05, 3.63) is 57.0 Å². The van der Waals surface area contributed by atoms with Crippen LogP contribution >= 0.6 is 28.1 Å². The van der Waals surface area contributed by atoms with E-state index in [0.717, 1.165) is 12.1 Å². The predicted octanol–water partition coefficient (Wildman–Crippen LogP) is 4.87. The van der Waals surface area contributed by atoms with E-state index in [4.69, 9.17) is 12.2 Å². The van der Waals surface area contributed by atoms with Gasteiger partial charge in [0.1, 0.15) is 17.5 Å². The fourth-order valence-corrected chi connectivity index (χ4v) is 2.64. The Labute approximate surface area is 125 Å². The molecule has 0 atom stereocenters. The maximum absolute atomic E-state index is 13.9. The van der Waals surface area contributed by atoms with Gasteiger partial charge in [0.05, 0.1) is 21.2 Å². The van der Waals surface area contributed by atoms with Gasteiger partial charge in [-0.3, -0.25) is 4.57 Å². The number of hydrogen-bond donors (Lipinski definition) is 1. The number of H-pyrrole nitrogens is 1. The number of aromatic amines is 1. The third-order valence-corrected chi connectivity index (χ3v) is 3.77. The Morgan fingerprint density at radius 2 is 1.80 bits per heavy atom. The molecule has 1 heterocycles. The molecule has 0 aliphatic carbocycles. The molecule has 1 aromatic heterocycles. The monoisotopic (exact) mass is 358 g/mol. The lowest BCUT2D eigenvalue weighted by molar-refractivity contribution is 0.578. The number of nitrogens with one attached hydrogen (secondary N) is 1. The average Bonchev–Trinajstić information content (AvgIpc) is 2.66. The minimum atomic E-state index is -0.748. The number of aromatic nitrogens is 2. The molecule has 20 heavy (non-hydrogen) atoms. The van der Waals surface area contributed by atoms with Crippen molar-refractivity contribution in [2.45, 2.75) is 0 Å². The van der Waals surface area contributed by atoms with E-state index in [9.17, 15) is 13.2 Å². The van der Waals surface area contributed by atoms with Crippen LogP contribution in [0.4, 0.5) is 13.2 Å². The maximum atomic E-state index is 13.9. The summed E-state index contributed by atoms with van der Waals surface area (Å²) in [4.78, 5) is 2.79. The molecule has 0 aliphatic rings. The first-order valence-electron chi connectivity index (χ1n) is 5.52. The Morgan fingerprint density at radius 1 is 1.05 bits per heavy atom. The molecule has 0 amide bonds. The molecule has 0 radical (unpaired) electrons. The van der Waals surface area contributed by atoms with Crippen molar-refractivity contribution in [2.75, 3.05) is 0 Å². The molecule has 0 spiro atoms. The lowest BCUT2D eigenvalue weighted by atomic mass is 10.2. The van der Waals surface area contributed by atoms with Crippen LogP contribution in [-0.4, -0.2) is 9.55 Å². The summed E-state index contributed by atoms with van der Waals surface area (Å²) in [5.74, 6) is -1.88. The molecule has 0 unspecified atom stereocenters. The number of nitrogens with zero attached hydrogens (tertiary/aromatic N) is 1. The fourth-order valence-electron chi connectivity index (χ4n) is 2.00. The van der Waals surface area contributed by atoms with Crippen molar-refractivity contribution in [3.8, 4) is 5.69 Å². The Balaban J connectivity index is 2.39. The third-order valence-electron chi connectivity index (χ3n) is 2.87. The molecule has 0 fully saturated rings. The van der Waals surface area contributed by atoms with Crippen LogP contribution in [0, 0.1) is 22.2 Å². The highest BCUT2D eigenvalue weighted by atomic mass is 79.9. The first-order valence-corrected chi connectivity index (χ1v) is 6.72. The van der Waals surface area contributed by atoms with Gasteiger partial charge in [0.15, 0.2) is 4.77 Å². The number of benzene rings is 2. The smallest absolute Gasteiger partial charge is 0.182 e. The largest absolute Gasteiger partial charge is 0.330 e. The maximum Gasteiger partial charge on any atom is 0.182 e. The molecule has 3 aromatic rings. The molecular formula is C13H6BrF3N2S. The molecule has 2 aromatic carbocycles. The molecule has 1 N–H and O–H groups in total. The highest BCUT2D eigenvalue weighted by molar-refractivity contribution is 9.10. The van der Waals surface area contributed by atoms with E-state index in [1.807, 2.05) is 0 Å². The molecular weight excluding hydrogens is 353 g/mol. The topological polar surface area (TPSA) is 20.7 Å². The van der Waals surface area contributed by atoms with Gasteiger partial charge in [-0.15, -0.1) is 0 Å². The van der Waals surface area contributed by atoms with E-state index in [-0.39, 0.29) is 14.9 Å². The molecule has 2 nitrogen and oxygen atoms in total. The van der Waals surface area contributed by atoms with Gasteiger partial charge < -0.3 is 4.98 Å². The van der Waals surface area contributed by atoms with Crippen molar-refractivity contribution < 1.29 is 13.2 Å². The molecule has 7 heteroatoms. The molecule has 3 rings (SSSR count). The van der Waals surface area contributed by atoms with Gasteiger partial charge in [0.2, 0.25) is 0 Å². The van der Waals surface area contributed by atoms with Crippen molar-refractivity contribution in [2.24, 2.45) is 0 Å². The fraction of sp³-hybridized carbons (Fsp3) is 0. The Morgan fingerprint density at radius 3 is 2.50 bits per heavy atom. The summed E-state index contributed by atoms with van der Waals surface area (Å²) < 4.78 is 42.2. The summed E-state index contributed by atoms with van der Waals surface area (Å²) in [6.45, 7) is 0. The summed E-state index contributed by atoms with van der Waals surface area (Å²) in [5.41, 5.74) is 1.02. The predicted molar refractivity (Wildman–Crippen MR) is 76.0 cm³/mol. The first-order chi connectivity index (χ1) is 9.47. The second-order valence-corrected chi connectivity index (χ2v) is 5.39. The van der Waals surface area contributed by atoms with Crippen molar-refractivity contribution in [1.82, 2.24) is 9.55 Å². The zero-order valence-electron chi connectivity index (χ0n) is 9.75. The van der Waals surface area contributed by atoms with Crippen LogP contribution in [0.15, 0.2) is 34.8 Å². The van der Waals surface area contributed by atoms with E-state index >= 15 is 0 Å². The minimum Gasteiger partial charge on any atom is -0.330 e. The zero-order valence-corrected chi connectivity index (χ0v) is 12.2. The van der Waals surface area contributed by atoms with Crippen molar-refractivity contribution in [1.29, 1.82) is 0 Å². The van der Waals surface area contributed by atoms with Gasteiger partial charge in [-0.05, 0) is 46.3 Å². The van der Waals surface area contributed by atoms with E-state index in [1.165, 1.54) is 22.8 Å². The van der Waals surface area contributed by atoms with Gasteiger partial charge >= 0.3 is 0 Å². The molecule has 0 saturated carbocycles. The second kappa shape index (κ2) is 4.75. The molecule has 0 bridgehead atoms. The van der Waals surface area contributed by atoms with Gasteiger partial charge in [0, 0.05) is 12.1 Å². The van der Waals surface area contributed by atoms with Gasteiger partial charge in [0.25, 0.3) is 0 Å². The van der Waals surface area contributed by atoms with Crippen molar-refractivity contribution >= 4 is 39.2 Å². The zero-order chi connectivity index (χ0) is 14.4. The first kappa shape index (κ1) is 13.4. The standard InChI is InChI=1S/C13H6BrF3N2S/c14-7-4-12-10(5-8(7)16)18-13(20)19(12)11-2-1-6(15)3-9(11)17/h1-5H,(H,18,20). The summed E-state index contributed by atoms with van der Waals surface area (Å²) >= 11 is 8.20. The Hall–Kier alpha value is -1.60. The Bertz CT molecular complexity index is 885. The normalized spacial score (nSPS) is 11.2.